The van der Waals surface area contributed by atoms with E-state index >= 15 is 0 Å². The van der Waals surface area contributed by atoms with Gasteiger partial charge in [0.05, 0.1) is 0 Å². The smallest absolute Gasteiger partial charge is 0.306 e. The average molecular weight is 263 g/mol. The molecule has 0 radical (unpaired) electrons. The highest BCUT2D eigenvalue weighted by Gasteiger charge is 2.07. The third-order valence-electron chi connectivity index (χ3n) is 2.74. The first-order valence-corrected chi connectivity index (χ1v) is 6.70. The second kappa shape index (κ2) is 8.29. The summed E-state index contributed by atoms with van der Waals surface area (Å²) in [7, 11) is 0. The lowest BCUT2D eigenvalue weighted by Gasteiger charge is -2.07. The first-order chi connectivity index (χ1) is 9.15. The number of unbranched alkanes of at least 4 members (excludes halogenated alkanes) is 1. The number of hydrogen-bond acceptors (Lipinski definition) is 3. The lowest BCUT2D eigenvalue weighted by Crippen LogP contribution is -2.20. The Morgan fingerprint density at radius 3 is 2.42 bits per heavy atom. The molecule has 0 spiro atoms. The number of benzene rings is 1. The van der Waals surface area contributed by atoms with Crippen LogP contribution in [-0.2, 0) is 20.7 Å². The van der Waals surface area contributed by atoms with E-state index in [2.05, 4.69) is 12.2 Å². The molecule has 0 aliphatic rings. The molecule has 1 rings (SSSR count). The fourth-order valence-corrected chi connectivity index (χ4v) is 1.56. The van der Waals surface area contributed by atoms with Crippen LogP contribution in [0.1, 0.15) is 38.7 Å². The summed E-state index contributed by atoms with van der Waals surface area (Å²) in [5.41, 5.74) is 1.93. The first-order valence-electron chi connectivity index (χ1n) is 6.70. The minimum Gasteiger partial charge on any atom is -0.456 e. The number of ether oxygens (including phenoxy) is 1. The predicted molar refractivity (Wildman–Crippen MR) is 74.9 cm³/mol. The minimum absolute atomic E-state index is 0.224. The third kappa shape index (κ3) is 6.04. The van der Waals surface area contributed by atoms with Crippen molar-refractivity contribution in [2.24, 2.45) is 0 Å². The Kier molecular flexibility index (Phi) is 6.64. The summed E-state index contributed by atoms with van der Waals surface area (Å²) < 4.78 is 4.87. The summed E-state index contributed by atoms with van der Waals surface area (Å²) in [6, 6.07) is 7.61. The van der Waals surface area contributed by atoms with Crippen molar-refractivity contribution in [3.8, 4) is 0 Å². The molecule has 0 aliphatic heterocycles. The van der Waals surface area contributed by atoms with Crippen molar-refractivity contribution < 1.29 is 14.3 Å². The number of carbonyl (C=O) groups excluding carboxylic acids is 2. The minimum atomic E-state index is -0.321. The molecule has 4 heteroatoms. The summed E-state index contributed by atoms with van der Waals surface area (Å²) in [5, 5.41) is 2.69. The van der Waals surface area contributed by atoms with E-state index in [1.807, 2.05) is 31.2 Å². The Morgan fingerprint density at radius 2 is 1.84 bits per heavy atom. The number of rotatable bonds is 7. The van der Waals surface area contributed by atoms with Gasteiger partial charge in [-0.1, -0.05) is 32.4 Å². The van der Waals surface area contributed by atoms with E-state index < -0.39 is 0 Å². The molecule has 19 heavy (non-hydrogen) atoms. The van der Waals surface area contributed by atoms with Crippen LogP contribution in [-0.4, -0.2) is 18.5 Å². The summed E-state index contributed by atoms with van der Waals surface area (Å²) >= 11 is 0. The molecule has 1 aromatic carbocycles. The average Bonchev–Trinajstić information content (AvgIpc) is 2.43. The zero-order chi connectivity index (χ0) is 14.1. The normalized spacial score (nSPS) is 10.0. The highest BCUT2D eigenvalue weighted by Crippen LogP contribution is 2.09. The second-order valence-electron chi connectivity index (χ2n) is 4.36. The van der Waals surface area contributed by atoms with Gasteiger partial charge in [0.15, 0.2) is 6.61 Å². The number of amides is 1. The Labute approximate surface area is 114 Å². The number of carbonyl (C=O) groups is 2. The molecule has 4 nitrogen and oxygen atoms in total. The van der Waals surface area contributed by atoms with Gasteiger partial charge in [0, 0.05) is 12.1 Å². The van der Waals surface area contributed by atoms with Crippen molar-refractivity contribution in [1.29, 1.82) is 0 Å². The van der Waals surface area contributed by atoms with Crippen molar-refractivity contribution in [2.45, 2.75) is 39.5 Å². The van der Waals surface area contributed by atoms with Crippen molar-refractivity contribution in [1.82, 2.24) is 0 Å². The maximum atomic E-state index is 11.6. The number of aryl methyl sites for hydroxylation is 1. The molecule has 104 valence electrons. The summed E-state index contributed by atoms with van der Waals surface area (Å²) in [6.45, 7) is 3.85. The molecule has 1 amide bonds. The Balaban J connectivity index is 2.32. The second-order valence-corrected chi connectivity index (χ2v) is 4.36. The molecular weight excluding hydrogens is 242 g/mol. The largest absolute Gasteiger partial charge is 0.456 e. The lowest BCUT2D eigenvalue weighted by molar-refractivity contribution is -0.147. The molecule has 0 atom stereocenters. The highest BCUT2D eigenvalue weighted by molar-refractivity contribution is 5.92. The van der Waals surface area contributed by atoms with Crippen LogP contribution in [0.15, 0.2) is 24.3 Å². The molecule has 0 aromatic heterocycles. The quantitative estimate of drug-likeness (QED) is 0.769. The zero-order valence-corrected chi connectivity index (χ0v) is 11.6. The fraction of sp³-hybridized carbons (Fsp3) is 0.467. The molecule has 0 saturated carbocycles. The van der Waals surface area contributed by atoms with Crippen molar-refractivity contribution >= 4 is 17.6 Å². The van der Waals surface area contributed by atoms with Gasteiger partial charge in [-0.15, -0.1) is 0 Å². The van der Waals surface area contributed by atoms with Crippen LogP contribution < -0.4 is 5.32 Å². The van der Waals surface area contributed by atoms with Crippen molar-refractivity contribution in [3.63, 3.8) is 0 Å². The standard InChI is InChI=1S/C15H21NO3/c1-3-5-6-15(18)19-11-14(17)16-13-9-7-12(4-2)8-10-13/h7-10H,3-6,11H2,1-2H3,(H,16,17). The van der Waals surface area contributed by atoms with Gasteiger partial charge >= 0.3 is 5.97 Å². The molecule has 0 saturated heterocycles. The number of nitrogens with one attached hydrogen (secondary N) is 1. The molecule has 1 N–H and O–H groups in total. The number of anilines is 1. The topological polar surface area (TPSA) is 55.4 Å². The lowest BCUT2D eigenvalue weighted by atomic mass is 10.1. The van der Waals surface area contributed by atoms with Crippen molar-refractivity contribution in [3.05, 3.63) is 29.8 Å². The Hall–Kier alpha value is -1.84. The SMILES string of the molecule is CCCCC(=O)OCC(=O)Nc1ccc(CC)cc1. The Bertz CT molecular complexity index is 412. The van der Waals surface area contributed by atoms with Gasteiger partial charge in [-0.3, -0.25) is 9.59 Å². The molecule has 0 aliphatic carbocycles. The van der Waals surface area contributed by atoms with E-state index in [4.69, 9.17) is 4.74 Å². The number of esters is 1. The molecule has 0 bridgehead atoms. The van der Waals surface area contributed by atoms with Gasteiger partial charge in [0.2, 0.25) is 0 Å². The monoisotopic (exact) mass is 263 g/mol. The van der Waals surface area contributed by atoms with E-state index in [0.717, 1.165) is 19.3 Å². The maximum Gasteiger partial charge on any atom is 0.306 e. The van der Waals surface area contributed by atoms with Crippen LogP contribution >= 0.6 is 0 Å². The maximum absolute atomic E-state index is 11.6. The molecule has 1 aromatic rings. The van der Waals surface area contributed by atoms with Gasteiger partial charge in [-0.05, 0) is 30.5 Å². The highest BCUT2D eigenvalue weighted by atomic mass is 16.5. The number of hydrogen-bond donors (Lipinski definition) is 1. The molecule has 0 fully saturated rings. The molecule has 0 unspecified atom stereocenters. The predicted octanol–water partition coefficient (Wildman–Crippen LogP) is 2.92. The van der Waals surface area contributed by atoms with Crippen LogP contribution in [0.25, 0.3) is 0 Å². The third-order valence-corrected chi connectivity index (χ3v) is 2.74. The van der Waals surface area contributed by atoms with Crippen LogP contribution in [0.3, 0.4) is 0 Å². The van der Waals surface area contributed by atoms with E-state index in [1.54, 1.807) is 0 Å². The Morgan fingerprint density at radius 1 is 1.16 bits per heavy atom. The van der Waals surface area contributed by atoms with E-state index in [0.29, 0.717) is 12.1 Å². The van der Waals surface area contributed by atoms with Gasteiger partial charge in [0.1, 0.15) is 0 Å². The van der Waals surface area contributed by atoms with Gasteiger partial charge in [-0.2, -0.15) is 0 Å². The van der Waals surface area contributed by atoms with Gasteiger partial charge in [0.25, 0.3) is 5.91 Å². The van der Waals surface area contributed by atoms with Gasteiger partial charge in [-0.25, -0.2) is 0 Å². The van der Waals surface area contributed by atoms with Crippen LogP contribution in [0.4, 0.5) is 5.69 Å². The first kappa shape index (κ1) is 15.2. The van der Waals surface area contributed by atoms with Crippen molar-refractivity contribution in [2.75, 3.05) is 11.9 Å². The van der Waals surface area contributed by atoms with Crippen LogP contribution in [0.2, 0.25) is 0 Å². The van der Waals surface area contributed by atoms with E-state index in [9.17, 15) is 9.59 Å². The summed E-state index contributed by atoms with van der Waals surface area (Å²) in [6.07, 6.45) is 3.06. The van der Waals surface area contributed by atoms with E-state index in [1.165, 1.54) is 5.56 Å². The van der Waals surface area contributed by atoms with Crippen LogP contribution in [0, 0.1) is 0 Å². The molecule has 0 heterocycles. The van der Waals surface area contributed by atoms with Crippen LogP contribution in [0.5, 0.6) is 0 Å². The fourth-order valence-electron chi connectivity index (χ4n) is 1.56. The summed E-state index contributed by atoms with van der Waals surface area (Å²) in [5.74, 6) is -0.632. The van der Waals surface area contributed by atoms with E-state index in [-0.39, 0.29) is 18.5 Å². The molecular formula is C15H21NO3. The zero-order valence-electron chi connectivity index (χ0n) is 11.6. The summed E-state index contributed by atoms with van der Waals surface area (Å²) in [4.78, 5) is 22.8. The van der Waals surface area contributed by atoms with Gasteiger partial charge < -0.3 is 10.1 Å².